The maximum atomic E-state index is 11.1. The highest BCUT2D eigenvalue weighted by atomic mass is 16.4. The molecule has 0 aromatic heterocycles. The van der Waals surface area contributed by atoms with Crippen LogP contribution in [0.3, 0.4) is 0 Å². The van der Waals surface area contributed by atoms with Gasteiger partial charge >= 0.3 is 5.97 Å². The van der Waals surface area contributed by atoms with E-state index in [1.807, 2.05) is 0 Å². The van der Waals surface area contributed by atoms with Gasteiger partial charge in [-0.15, -0.1) is 0 Å². The van der Waals surface area contributed by atoms with E-state index in [1.54, 1.807) is 0 Å². The molecule has 3 atom stereocenters. The largest absolute Gasteiger partial charge is 0.481 e. The van der Waals surface area contributed by atoms with E-state index < -0.39 is 5.97 Å². The average molecular weight is 267 g/mol. The molecular formula is C16H29NO2. The van der Waals surface area contributed by atoms with Crippen LogP contribution in [0, 0.1) is 11.3 Å². The Hall–Kier alpha value is -0.570. The van der Waals surface area contributed by atoms with Gasteiger partial charge in [0.2, 0.25) is 0 Å². The highest BCUT2D eigenvalue weighted by Crippen LogP contribution is 2.34. The normalized spacial score (nSPS) is 35.6. The molecule has 110 valence electrons. The number of aliphatic carboxylic acids is 1. The van der Waals surface area contributed by atoms with Gasteiger partial charge in [-0.25, -0.2) is 0 Å². The van der Waals surface area contributed by atoms with E-state index in [0.29, 0.717) is 17.5 Å². The second kappa shape index (κ2) is 6.25. The lowest BCUT2D eigenvalue weighted by atomic mass is 9.84. The molecular weight excluding hydrogens is 238 g/mol. The van der Waals surface area contributed by atoms with Gasteiger partial charge in [0.15, 0.2) is 0 Å². The van der Waals surface area contributed by atoms with Crippen LogP contribution >= 0.6 is 0 Å². The van der Waals surface area contributed by atoms with Crippen LogP contribution in [0.4, 0.5) is 0 Å². The van der Waals surface area contributed by atoms with Gasteiger partial charge in [-0.2, -0.15) is 0 Å². The fourth-order valence-corrected chi connectivity index (χ4v) is 3.73. The standard InChI is InChI=1S/C16H29NO2/c1-16(2)9-4-7-13(8-10-16)17-14-6-3-5-12(11-14)15(18)19/h12-14,17H,3-11H2,1-2H3,(H,18,19). The maximum absolute atomic E-state index is 11.1. The zero-order chi connectivity index (χ0) is 13.9. The van der Waals surface area contributed by atoms with Crippen molar-refractivity contribution in [3.63, 3.8) is 0 Å². The number of hydrogen-bond donors (Lipinski definition) is 2. The van der Waals surface area contributed by atoms with Crippen molar-refractivity contribution in [1.29, 1.82) is 0 Å². The summed E-state index contributed by atoms with van der Waals surface area (Å²) in [4.78, 5) is 11.1. The Balaban J connectivity index is 1.82. The topological polar surface area (TPSA) is 49.3 Å². The summed E-state index contributed by atoms with van der Waals surface area (Å²) in [5, 5.41) is 12.9. The lowest BCUT2D eigenvalue weighted by Gasteiger charge is -2.31. The van der Waals surface area contributed by atoms with Crippen LogP contribution in [0.15, 0.2) is 0 Å². The quantitative estimate of drug-likeness (QED) is 0.768. The van der Waals surface area contributed by atoms with Crippen LogP contribution < -0.4 is 5.32 Å². The smallest absolute Gasteiger partial charge is 0.306 e. The molecule has 0 aromatic carbocycles. The minimum atomic E-state index is -0.603. The van der Waals surface area contributed by atoms with Gasteiger partial charge in [0.05, 0.1) is 5.92 Å². The SMILES string of the molecule is CC1(C)CCCC(NC2CCCC(C(=O)O)C2)CC1. The predicted octanol–water partition coefficient (Wildman–Crippen LogP) is 3.58. The Morgan fingerprint density at radius 2 is 1.79 bits per heavy atom. The molecule has 2 N–H and O–H groups in total. The van der Waals surface area contributed by atoms with Crippen LogP contribution in [0.5, 0.6) is 0 Å². The molecule has 2 aliphatic rings. The van der Waals surface area contributed by atoms with Crippen LogP contribution in [0.2, 0.25) is 0 Å². The van der Waals surface area contributed by atoms with Gasteiger partial charge in [-0.1, -0.05) is 26.7 Å². The predicted molar refractivity (Wildman–Crippen MR) is 77.2 cm³/mol. The van der Waals surface area contributed by atoms with Gasteiger partial charge in [-0.3, -0.25) is 4.79 Å². The lowest BCUT2D eigenvalue weighted by Crippen LogP contribution is -2.42. The Kier molecular flexibility index (Phi) is 4.88. The van der Waals surface area contributed by atoms with Gasteiger partial charge in [0.25, 0.3) is 0 Å². The second-order valence-corrected chi connectivity index (χ2v) is 7.36. The molecule has 0 heterocycles. The zero-order valence-electron chi connectivity index (χ0n) is 12.5. The minimum absolute atomic E-state index is 0.117. The maximum Gasteiger partial charge on any atom is 0.306 e. The molecule has 3 nitrogen and oxygen atoms in total. The molecule has 0 aromatic rings. The van der Waals surface area contributed by atoms with Crippen LogP contribution in [0.25, 0.3) is 0 Å². The third-order valence-corrected chi connectivity index (χ3v) is 5.07. The van der Waals surface area contributed by atoms with Gasteiger partial charge < -0.3 is 10.4 Å². The Bertz CT molecular complexity index is 314. The summed E-state index contributed by atoms with van der Waals surface area (Å²) >= 11 is 0. The van der Waals surface area contributed by atoms with Gasteiger partial charge in [0.1, 0.15) is 0 Å². The minimum Gasteiger partial charge on any atom is -0.481 e. The van der Waals surface area contributed by atoms with Crippen molar-refractivity contribution in [3.05, 3.63) is 0 Å². The molecule has 0 bridgehead atoms. The van der Waals surface area contributed by atoms with Gasteiger partial charge in [0, 0.05) is 12.1 Å². The van der Waals surface area contributed by atoms with E-state index in [-0.39, 0.29) is 5.92 Å². The lowest BCUT2D eigenvalue weighted by molar-refractivity contribution is -0.143. The molecule has 0 amide bonds. The first-order chi connectivity index (χ1) is 8.96. The third-order valence-electron chi connectivity index (χ3n) is 5.07. The molecule has 3 unspecified atom stereocenters. The third kappa shape index (κ3) is 4.48. The fourth-order valence-electron chi connectivity index (χ4n) is 3.73. The second-order valence-electron chi connectivity index (χ2n) is 7.36. The first kappa shape index (κ1) is 14.8. The molecule has 2 rings (SSSR count). The van der Waals surface area contributed by atoms with E-state index in [0.717, 1.165) is 25.7 Å². The molecule has 3 heteroatoms. The van der Waals surface area contributed by atoms with Crippen molar-refractivity contribution in [2.75, 3.05) is 0 Å². The Labute approximate surface area is 117 Å². The molecule has 0 spiro atoms. The number of carboxylic acid groups (broad SMARTS) is 1. The molecule has 19 heavy (non-hydrogen) atoms. The first-order valence-corrected chi connectivity index (χ1v) is 7.95. The summed E-state index contributed by atoms with van der Waals surface area (Å²) in [6.07, 6.45) is 10.4. The first-order valence-electron chi connectivity index (χ1n) is 7.95. The monoisotopic (exact) mass is 267 g/mol. The molecule has 2 aliphatic carbocycles. The summed E-state index contributed by atoms with van der Waals surface area (Å²) in [6, 6.07) is 1.04. The van der Waals surface area contributed by atoms with Crippen molar-refractivity contribution in [3.8, 4) is 0 Å². The van der Waals surface area contributed by atoms with E-state index in [2.05, 4.69) is 19.2 Å². The zero-order valence-corrected chi connectivity index (χ0v) is 12.5. The summed E-state index contributed by atoms with van der Waals surface area (Å²) in [5.41, 5.74) is 0.493. The van der Waals surface area contributed by atoms with Crippen LogP contribution in [-0.2, 0) is 4.79 Å². The van der Waals surface area contributed by atoms with Crippen LogP contribution in [0.1, 0.15) is 71.6 Å². The van der Waals surface area contributed by atoms with E-state index >= 15 is 0 Å². The molecule has 0 saturated heterocycles. The molecule has 0 aliphatic heterocycles. The summed E-state index contributed by atoms with van der Waals surface area (Å²) in [5.74, 6) is -0.720. The molecule has 0 radical (unpaired) electrons. The Morgan fingerprint density at radius 3 is 2.53 bits per heavy atom. The van der Waals surface area contributed by atoms with Gasteiger partial charge in [-0.05, 0) is 50.4 Å². The summed E-state index contributed by atoms with van der Waals surface area (Å²) in [7, 11) is 0. The fraction of sp³-hybridized carbons (Fsp3) is 0.938. The van der Waals surface area contributed by atoms with E-state index in [9.17, 15) is 4.79 Å². The number of carboxylic acids is 1. The molecule has 2 fully saturated rings. The summed E-state index contributed by atoms with van der Waals surface area (Å²) < 4.78 is 0. The summed E-state index contributed by atoms with van der Waals surface area (Å²) in [6.45, 7) is 4.74. The number of hydrogen-bond acceptors (Lipinski definition) is 2. The number of rotatable bonds is 3. The Morgan fingerprint density at radius 1 is 1.05 bits per heavy atom. The van der Waals surface area contributed by atoms with E-state index in [1.165, 1.54) is 32.1 Å². The highest BCUT2D eigenvalue weighted by Gasteiger charge is 2.30. The van der Waals surface area contributed by atoms with Crippen molar-refractivity contribution < 1.29 is 9.90 Å². The van der Waals surface area contributed by atoms with Crippen molar-refractivity contribution in [2.45, 2.75) is 83.7 Å². The number of carbonyl (C=O) groups is 1. The number of nitrogens with one attached hydrogen (secondary N) is 1. The van der Waals surface area contributed by atoms with Crippen LogP contribution in [-0.4, -0.2) is 23.2 Å². The van der Waals surface area contributed by atoms with Crippen molar-refractivity contribution >= 4 is 5.97 Å². The van der Waals surface area contributed by atoms with E-state index in [4.69, 9.17) is 5.11 Å². The van der Waals surface area contributed by atoms with Crippen molar-refractivity contribution in [2.24, 2.45) is 11.3 Å². The molecule has 2 saturated carbocycles. The highest BCUT2D eigenvalue weighted by molar-refractivity contribution is 5.70. The van der Waals surface area contributed by atoms with Crippen molar-refractivity contribution in [1.82, 2.24) is 5.32 Å². The average Bonchev–Trinajstić information content (AvgIpc) is 2.51.